The Morgan fingerprint density at radius 1 is 1.13 bits per heavy atom. The van der Waals surface area contributed by atoms with E-state index in [9.17, 15) is 4.79 Å². The highest BCUT2D eigenvalue weighted by molar-refractivity contribution is 5.72. The van der Waals surface area contributed by atoms with E-state index in [1.165, 1.54) is 0 Å². The molecule has 90 valence electrons. The SMILES string of the molecule is CCCC(C)C(C)OC(=O)C(CC)CC. The molecule has 0 bridgehead atoms. The summed E-state index contributed by atoms with van der Waals surface area (Å²) >= 11 is 0. The zero-order valence-electron chi connectivity index (χ0n) is 10.9. The molecule has 0 aliphatic rings. The van der Waals surface area contributed by atoms with Gasteiger partial charge in [-0.05, 0) is 32.1 Å². The minimum absolute atomic E-state index is 0.0181. The quantitative estimate of drug-likeness (QED) is 0.603. The highest BCUT2D eigenvalue weighted by atomic mass is 16.5. The second kappa shape index (κ2) is 7.72. The zero-order valence-corrected chi connectivity index (χ0v) is 10.9. The Labute approximate surface area is 94.4 Å². The second-order valence-corrected chi connectivity index (χ2v) is 4.42. The molecule has 0 aliphatic heterocycles. The summed E-state index contributed by atoms with van der Waals surface area (Å²) in [6.07, 6.45) is 4.08. The van der Waals surface area contributed by atoms with Crippen molar-refractivity contribution in [2.45, 2.75) is 66.4 Å². The van der Waals surface area contributed by atoms with Crippen LogP contribution in [0, 0.1) is 11.8 Å². The third-order valence-corrected chi connectivity index (χ3v) is 3.17. The minimum Gasteiger partial charge on any atom is -0.462 e. The molecule has 15 heavy (non-hydrogen) atoms. The molecule has 0 rings (SSSR count). The maximum absolute atomic E-state index is 11.7. The summed E-state index contributed by atoms with van der Waals surface area (Å²) in [5.41, 5.74) is 0. The Balaban J connectivity index is 4.04. The molecule has 0 aliphatic carbocycles. The Bertz CT molecular complexity index is 173. The maximum Gasteiger partial charge on any atom is 0.309 e. The van der Waals surface area contributed by atoms with Crippen LogP contribution in [0.3, 0.4) is 0 Å². The largest absolute Gasteiger partial charge is 0.462 e. The van der Waals surface area contributed by atoms with Crippen molar-refractivity contribution in [3.05, 3.63) is 0 Å². The number of carbonyl (C=O) groups is 1. The van der Waals surface area contributed by atoms with Crippen LogP contribution >= 0.6 is 0 Å². The number of hydrogen-bond donors (Lipinski definition) is 0. The van der Waals surface area contributed by atoms with Crippen LogP contribution in [0.4, 0.5) is 0 Å². The summed E-state index contributed by atoms with van der Waals surface area (Å²) < 4.78 is 5.47. The van der Waals surface area contributed by atoms with E-state index in [2.05, 4.69) is 13.8 Å². The standard InChI is InChI=1S/C13H26O2/c1-6-9-10(4)11(5)15-13(14)12(7-2)8-3/h10-12H,6-9H2,1-5H3. The normalized spacial score (nSPS) is 15.1. The van der Waals surface area contributed by atoms with Gasteiger partial charge in [-0.1, -0.05) is 34.1 Å². The lowest BCUT2D eigenvalue weighted by Crippen LogP contribution is -2.26. The highest BCUT2D eigenvalue weighted by Crippen LogP contribution is 2.17. The Kier molecular flexibility index (Phi) is 7.45. The first-order valence-corrected chi connectivity index (χ1v) is 6.27. The van der Waals surface area contributed by atoms with Gasteiger partial charge in [0.15, 0.2) is 0 Å². The molecule has 0 fully saturated rings. The van der Waals surface area contributed by atoms with Crippen molar-refractivity contribution in [1.29, 1.82) is 0 Å². The Morgan fingerprint density at radius 2 is 1.67 bits per heavy atom. The van der Waals surface area contributed by atoms with Gasteiger partial charge in [0, 0.05) is 0 Å². The first kappa shape index (κ1) is 14.5. The van der Waals surface area contributed by atoms with E-state index in [4.69, 9.17) is 4.74 Å². The van der Waals surface area contributed by atoms with Gasteiger partial charge in [0.25, 0.3) is 0 Å². The minimum atomic E-state index is -0.0181. The van der Waals surface area contributed by atoms with Gasteiger partial charge in [-0.15, -0.1) is 0 Å². The summed E-state index contributed by atoms with van der Waals surface area (Å²) in [6.45, 7) is 10.4. The number of carbonyl (C=O) groups excluding carboxylic acids is 1. The van der Waals surface area contributed by atoms with Crippen LogP contribution in [0.15, 0.2) is 0 Å². The smallest absolute Gasteiger partial charge is 0.309 e. The van der Waals surface area contributed by atoms with Crippen molar-refractivity contribution in [3.63, 3.8) is 0 Å². The highest BCUT2D eigenvalue weighted by Gasteiger charge is 2.21. The molecule has 0 aromatic carbocycles. The third-order valence-electron chi connectivity index (χ3n) is 3.17. The topological polar surface area (TPSA) is 26.3 Å². The Morgan fingerprint density at radius 3 is 2.07 bits per heavy atom. The predicted molar refractivity (Wildman–Crippen MR) is 63.7 cm³/mol. The lowest BCUT2D eigenvalue weighted by atomic mass is 10.00. The van der Waals surface area contributed by atoms with E-state index >= 15 is 0 Å². The van der Waals surface area contributed by atoms with Crippen LogP contribution in [-0.4, -0.2) is 12.1 Å². The monoisotopic (exact) mass is 214 g/mol. The molecule has 2 atom stereocenters. The fraction of sp³-hybridized carbons (Fsp3) is 0.923. The lowest BCUT2D eigenvalue weighted by Gasteiger charge is -2.22. The Hall–Kier alpha value is -0.530. The van der Waals surface area contributed by atoms with Crippen LogP contribution in [0.5, 0.6) is 0 Å². The van der Waals surface area contributed by atoms with Gasteiger partial charge in [0.2, 0.25) is 0 Å². The van der Waals surface area contributed by atoms with Gasteiger partial charge in [-0.25, -0.2) is 0 Å². The fourth-order valence-electron chi connectivity index (χ4n) is 1.71. The van der Waals surface area contributed by atoms with Crippen LogP contribution in [0.2, 0.25) is 0 Å². The predicted octanol–water partition coefficient (Wildman–Crippen LogP) is 3.79. The van der Waals surface area contributed by atoms with Crippen LogP contribution in [-0.2, 0) is 9.53 Å². The van der Waals surface area contributed by atoms with Crippen molar-refractivity contribution >= 4 is 5.97 Å². The van der Waals surface area contributed by atoms with Crippen molar-refractivity contribution in [2.24, 2.45) is 11.8 Å². The first-order chi connectivity index (χ1) is 7.06. The average Bonchev–Trinajstić information content (AvgIpc) is 2.19. The van der Waals surface area contributed by atoms with Crippen LogP contribution in [0.25, 0.3) is 0 Å². The lowest BCUT2D eigenvalue weighted by molar-refractivity contribution is -0.155. The van der Waals surface area contributed by atoms with Crippen molar-refractivity contribution in [3.8, 4) is 0 Å². The van der Waals surface area contributed by atoms with Gasteiger partial charge in [-0.2, -0.15) is 0 Å². The van der Waals surface area contributed by atoms with E-state index < -0.39 is 0 Å². The molecule has 2 heteroatoms. The zero-order chi connectivity index (χ0) is 11.8. The summed E-state index contributed by atoms with van der Waals surface area (Å²) in [6, 6.07) is 0. The van der Waals surface area contributed by atoms with Crippen LogP contribution < -0.4 is 0 Å². The number of ether oxygens (including phenoxy) is 1. The molecule has 2 unspecified atom stereocenters. The van der Waals surface area contributed by atoms with Gasteiger partial charge in [0.1, 0.15) is 6.10 Å². The van der Waals surface area contributed by atoms with Gasteiger partial charge in [-0.3, -0.25) is 4.79 Å². The van der Waals surface area contributed by atoms with Gasteiger partial charge < -0.3 is 4.74 Å². The second-order valence-electron chi connectivity index (χ2n) is 4.42. The first-order valence-electron chi connectivity index (χ1n) is 6.27. The molecule has 0 saturated carbocycles. The van der Waals surface area contributed by atoms with Crippen molar-refractivity contribution in [1.82, 2.24) is 0 Å². The van der Waals surface area contributed by atoms with Crippen LogP contribution in [0.1, 0.15) is 60.3 Å². The van der Waals surface area contributed by atoms with Crippen molar-refractivity contribution in [2.75, 3.05) is 0 Å². The summed E-state index contributed by atoms with van der Waals surface area (Å²) in [5, 5.41) is 0. The average molecular weight is 214 g/mol. The van der Waals surface area contributed by atoms with E-state index in [0.717, 1.165) is 25.7 Å². The van der Waals surface area contributed by atoms with Gasteiger partial charge in [0.05, 0.1) is 5.92 Å². The molecule has 0 aromatic rings. The summed E-state index contributed by atoms with van der Waals surface area (Å²) in [5.74, 6) is 0.532. The molecular formula is C13H26O2. The third kappa shape index (κ3) is 5.19. The number of esters is 1. The molecule has 0 N–H and O–H groups in total. The number of hydrogen-bond acceptors (Lipinski definition) is 2. The fourth-order valence-corrected chi connectivity index (χ4v) is 1.71. The molecule has 0 radical (unpaired) electrons. The van der Waals surface area contributed by atoms with Gasteiger partial charge >= 0.3 is 5.97 Å². The molecule has 0 spiro atoms. The molecule has 0 saturated heterocycles. The molecule has 2 nitrogen and oxygen atoms in total. The molecule has 0 heterocycles. The van der Waals surface area contributed by atoms with E-state index in [-0.39, 0.29) is 18.0 Å². The van der Waals surface area contributed by atoms with E-state index in [0.29, 0.717) is 5.92 Å². The molecule has 0 amide bonds. The van der Waals surface area contributed by atoms with E-state index in [1.54, 1.807) is 0 Å². The number of rotatable bonds is 7. The van der Waals surface area contributed by atoms with Crippen molar-refractivity contribution < 1.29 is 9.53 Å². The van der Waals surface area contributed by atoms with E-state index in [1.807, 2.05) is 20.8 Å². The maximum atomic E-state index is 11.7. The molecule has 0 aromatic heterocycles. The molecular weight excluding hydrogens is 188 g/mol. The summed E-state index contributed by atoms with van der Waals surface area (Å²) in [7, 11) is 0. The summed E-state index contributed by atoms with van der Waals surface area (Å²) in [4.78, 5) is 11.7.